The van der Waals surface area contributed by atoms with Crippen molar-refractivity contribution in [3.05, 3.63) is 23.3 Å². The number of nitrogens with zero attached hydrogens (tertiary/aromatic N) is 1. The van der Waals surface area contributed by atoms with E-state index in [1.54, 1.807) is 0 Å². The van der Waals surface area contributed by atoms with Crippen LogP contribution >= 0.6 is 0 Å². The van der Waals surface area contributed by atoms with Gasteiger partial charge in [0.1, 0.15) is 0 Å². The number of urea groups is 1. The van der Waals surface area contributed by atoms with Gasteiger partial charge in [0, 0.05) is 19.6 Å². The molecule has 0 saturated carbocycles. The van der Waals surface area contributed by atoms with Gasteiger partial charge in [-0.3, -0.25) is 0 Å². The van der Waals surface area contributed by atoms with E-state index in [0.29, 0.717) is 12.5 Å². The molecule has 0 bridgehead atoms. The van der Waals surface area contributed by atoms with Crippen LogP contribution in [0.5, 0.6) is 11.5 Å². The second kappa shape index (κ2) is 5.84. The zero-order chi connectivity index (χ0) is 14.8. The molecule has 0 saturated heterocycles. The molecule has 3 rings (SSSR count). The Labute approximate surface area is 125 Å². The van der Waals surface area contributed by atoms with Gasteiger partial charge in [0.25, 0.3) is 0 Å². The molecule has 0 fully saturated rings. The predicted octanol–water partition coefficient (Wildman–Crippen LogP) is 2.53. The summed E-state index contributed by atoms with van der Waals surface area (Å²) >= 11 is 0. The third-order valence-electron chi connectivity index (χ3n) is 3.99. The van der Waals surface area contributed by atoms with Gasteiger partial charge in [0.05, 0.1) is 0 Å². The Kier molecular flexibility index (Phi) is 3.90. The van der Waals surface area contributed by atoms with Gasteiger partial charge in [-0.05, 0) is 42.0 Å². The van der Waals surface area contributed by atoms with Gasteiger partial charge in [-0.2, -0.15) is 0 Å². The SMILES string of the molecule is CC(C)CCNC(=O)N1CCc2cc3c(cc2C1)OCO3. The van der Waals surface area contributed by atoms with Crippen molar-refractivity contribution in [2.45, 2.75) is 33.2 Å². The fourth-order valence-corrected chi connectivity index (χ4v) is 2.70. The minimum Gasteiger partial charge on any atom is -0.454 e. The lowest BCUT2D eigenvalue weighted by molar-refractivity contribution is 0.174. The molecule has 5 heteroatoms. The van der Waals surface area contributed by atoms with Crippen LogP contribution in [0.15, 0.2) is 12.1 Å². The van der Waals surface area contributed by atoms with E-state index in [2.05, 4.69) is 19.2 Å². The van der Waals surface area contributed by atoms with Crippen LogP contribution in [0.3, 0.4) is 0 Å². The molecule has 5 nitrogen and oxygen atoms in total. The fourth-order valence-electron chi connectivity index (χ4n) is 2.70. The largest absolute Gasteiger partial charge is 0.454 e. The average molecular weight is 290 g/mol. The van der Waals surface area contributed by atoms with Gasteiger partial charge in [-0.1, -0.05) is 13.8 Å². The molecule has 1 N–H and O–H groups in total. The maximum atomic E-state index is 12.2. The summed E-state index contributed by atoms with van der Waals surface area (Å²) in [4.78, 5) is 14.0. The van der Waals surface area contributed by atoms with E-state index in [1.165, 1.54) is 5.56 Å². The molecule has 2 heterocycles. The molecule has 1 aromatic rings. The van der Waals surface area contributed by atoms with E-state index >= 15 is 0 Å². The zero-order valence-corrected chi connectivity index (χ0v) is 12.6. The average Bonchev–Trinajstić information content (AvgIpc) is 2.90. The van der Waals surface area contributed by atoms with Gasteiger partial charge in [0.15, 0.2) is 11.5 Å². The first kappa shape index (κ1) is 14.0. The van der Waals surface area contributed by atoms with E-state index in [4.69, 9.17) is 9.47 Å². The highest BCUT2D eigenvalue weighted by molar-refractivity contribution is 5.74. The molecule has 2 aliphatic rings. The van der Waals surface area contributed by atoms with Gasteiger partial charge in [-0.25, -0.2) is 4.79 Å². The minimum atomic E-state index is 0.0268. The first-order chi connectivity index (χ1) is 10.1. The number of carbonyl (C=O) groups is 1. The van der Waals surface area contributed by atoms with Crippen molar-refractivity contribution in [3.8, 4) is 11.5 Å². The van der Waals surface area contributed by atoms with Gasteiger partial charge >= 0.3 is 6.03 Å². The number of hydrogen-bond donors (Lipinski definition) is 1. The summed E-state index contributed by atoms with van der Waals surface area (Å²) < 4.78 is 10.8. The Morgan fingerprint density at radius 3 is 2.71 bits per heavy atom. The molecule has 0 aliphatic carbocycles. The molecule has 21 heavy (non-hydrogen) atoms. The molecule has 0 aromatic heterocycles. The number of carbonyl (C=O) groups excluding carboxylic acids is 1. The molecule has 1 aromatic carbocycles. The summed E-state index contributed by atoms with van der Waals surface area (Å²) in [6, 6.07) is 4.08. The Morgan fingerprint density at radius 1 is 1.29 bits per heavy atom. The van der Waals surface area contributed by atoms with Crippen LogP contribution in [0.1, 0.15) is 31.4 Å². The number of amides is 2. The van der Waals surface area contributed by atoms with E-state index in [-0.39, 0.29) is 12.8 Å². The third-order valence-corrected chi connectivity index (χ3v) is 3.99. The first-order valence-corrected chi connectivity index (χ1v) is 7.57. The molecule has 0 radical (unpaired) electrons. The third kappa shape index (κ3) is 3.06. The summed E-state index contributed by atoms with van der Waals surface area (Å²) in [6.45, 7) is 6.73. The number of nitrogens with one attached hydrogen (secondary N) is 1. The lowest BCUT2D eigenvalue weighted by Crippen LogP contribution is -2.43. The molecule has 0 atom stereocenters. The lowest BCUT2D eigenvalue weighted by Gasteiger charge is -2.29. The predicted molar refractivity (Wildman–Crippen MR) is 79.5 cm³/mol. The summed E-state index contributed by atoms with van der Waals surface area (Å²) in [6.07, 6.45) is 1.87. The summed E-state index contributed by atoms with van der Waals surface area (Å²) in [7, 11) is 0. The molecule has 2 aliphatic heterocycles. The topological polar surface area (TPSA) is 50.8 Å². The van der Waals surface area contributed by atoms with Crippen LogP contribution in [0.2, 0.25) is 0 Å². The van der Waals surface area contributed by atoms with E-state index in [1.807, 2.05) is 17.0 Å². The zero-order valence-electron chi connectivity index (χ0n) is 12.6. The molecule has 0 unspecified atom stereocenters. The summed E-state index contributed by atoms with van der Waals surface area (Å²) in [5, 5.41) is 3.00. The summed E-state index contributed by atoms with van der Waals surface area (Å²) in [5.74, 6) is 2.21. The second-order valence-electron chi connectivity index (χ2n) is 6.06. The van der Waals surface area contributed by atoms with Crippen molar-refractivity contribution >= 4 is 6.03 Å². The molecule has 114 valence electrons. The smallest absolute Gasteiger partial charge is 0.317 e. The van der Waals surface area contributed by atoms with Crippen molar-refractivity contribution in [3.63, 3.8) is 0 Å². The quantitative estimate of drug-likeness (QED) is 0.930. The summed E-state index contributed by atoms with van der Waals surface area (Å²) in [5.41, 5.74) is 2.41. The first-order valence-electron chi connectivity index (χ1n) is 7.57. The van der Waals surface area contributed by atoms with Crippen molar-refractivity contribution in [1.82, 2.24) is 10.2 Å². The van der Waals surface area contributed by atoms with Crippen molar-refractivity contribution < 1.29 is 14.3 Å². The monoisotopic (exact) mass is 290 g/mol. The maximum absolute atomic E-state index is 12.2. The number of hydrogen-bond acceptors (Lipinski definition) is 3. The number of fused-ring (bicyclic) bond motifs is 2. The Hall–Kier alpha value is -1.91. The minimum absolute atomic E-state index is 0.0268. The van der Waals surface area contributed by atoms with E-state index in [9.17, 15) is 4.79 Å². The van der Waals surface area contributed by atoms with Crippen molar-refractivity contribution in [2.24, 2.45) is 5.92 Å². The van der Waals surface area contributed by atoms with Crippen LogP contribution in [-0.4, -0.2) is 30.8 Å². The van der Waals surface area contributed by atoms with Crippen molar-refractivity contribution in [1.29, 1.82) is 0 Å². The van der Waals surface area contributed by atoms with Gasteiger partial charge in [0.2, 0.25) is 6.79 Å². The molecule has 0 spiro atoms. The highest BCUT2D eigenvalue weighted by Gasteiger charge is 2.24. The fraction of sp³-hybridized carbons (Fsp3) is 0.562. The van der Waals surface area contributed by atoms with E-state index in [0.717, 1.165) is 43.0 Å². The van der Waals surface area contributed by atoms with Crippen LogP contribution in [0.25, 0.3) is 0 Å². The second-order valence-corrected chi connectivity index (χ2v) is 6.06. The standard InChI is InChI=1S/C16H22N2O3/c1-11(2)3-5-17-16(19)18-6-4-12-7-14-15(21-10-20-14)8-13(12)9-18/h7-8,11H,3-6,9-10H2,1-2H3,(H,17,19). The number of benzene rings is 1. The Balaban J connectivity index is 1.63. The Bertz CT molecular complexity index is 543. The van der Waals surface area contributed by atoms with Crippen LogP contribution in [-0.2, 0) is 13.0 Å². The van der Waals surface area contributed by atoms with Gasteiger partial charge < -0.3 is 19.7 Å². The van der Waals surface area contributed by atoms with Crippen LogP contribution in [0, 0.1) is 5.92 Å². The Morgan fingerprint density at radius 2 is 2.00 bits per heavy atom. The molecule has 2 amide bonds. The van der Waals surface area contributed by atoms with Crippen LogP contribution < -0.4 is 14.8 Å². The highest BCUT2D eigenvalue weighted by Crippen LogP contribution is 2.36. The maximum Gasteiger partial charge on any atom is 0.317 e. The highest BCUT2D eigenvalue weighted by atomic mass is 16.7. The number of rotatable bonds is 3. The number of ether oxygens (including phenoxy) is 2. The molecular weight excluding hydrogens is 268 g/mol. The normalized spacial score (nSPS) is 16.0. The van der Waals surface area contributed by atoms with E-state index < -0.39 is 0 Å². The lowest BCUT2D eigenvalue weighted by atomic mass is 9.99. The molecular formula is C16H22N2O3. The van der Waals surface area contributed by atoms with Gasteiger partial charge in [-0.15, -0.1) is 0 Å². The van der Waals surface area contributed by atoms with Crippen molar-refractivity contribution in [2.75, 3.05) is 19.9 Å². The van der Waals surface area contributed by atoms with Crippen LogP contribution in [0.4, 0.5) is 4.79 Å².